The van der Waals surface area contributed by atoms with Crippen molar-refractivity contribution in [3.63, 3.8) is 0 Å². The van der Waals surface area contributed by atoms with Crippen molar-refractivity contribution >= 4 is 28.2 Å². The van der Waals surface area contributed by atoms with Crippen molar-refractivity contribution in [2.45, 2.75) is 59.9 Å². The molecule has 1 amide bonds. The van der Waals surface area contributed by atoms with Gasteiger partial charge in [-0.25, -0.2) is 4.79 Å². The van der Waals surface area contributed by atoms with Gasteiger partial charge in [0.2, 0.25) is 5.91 Å². The third kappa shape index (κ3) is 4.76. The minimum absolute atomic E-state index is 0.0678. The lowest BCUT2D eigenvalue weighted by Gasteiger charge is -2.39. The number of thiophene rings is 1. The Balaban J connectivity index is 1.53. The van der Waals surface area contributed by atoms with E-state index >= 15 is 0 Å². The summed E-state index contributed by atoms with van der Waals surface area (Å²) in [5.41, 5.74) is 3.94. The first-order valence-corrected chi connectivity index (χ1v) is 12.4. The number of fused-ring (bicyclic) bond motifs is 2. The van der Waals surface area contributed by atoms with Crippen LogP contribution in [-0.2, 0) is 9.53 Å². The summed E-state index contributed by atoms with van der Waals surface area (Å²) in [6, 6.07) is 8.49. The van der Waals surface area contributed by atoms with Crippen LogP contribution in [0.3, 0.4) is 0 Å². The summed E-state index contributed by atoms with van der Waals surface area (Å²) in [4.78, 5) is 28.2. The second-order valence-electron chi connectivity index (χ2n) is 10.6. The maximum atomic E-state index is 13.0. The molecule has 0 spiro atoms. The molecule has 1 aliphatic heterocycles. The van der Waals surface area contributed by atoms with Gasteiger partial charge in [0, 0.05) is 23.5 Å². The first-order chi connectivity index (χ1) is 15.1. The maximum Gasteiger partial charge on any atom is 0.341 e. The number of nitrogens with one attached hydrogen (secondary N) is 1. The Labute approximate surface area is 195 Å². The molecule has 2 fully saturated rings. The van der Waals surface area contributed by atoms with E-state index in [-0.39, 0.29) is 11.3 Å². The molecule has 1 aliphatic carbocycles. The number of benzene rings is 1. The number of ether oxygens (including phenoxy) is 1. The van der Waals surface area contributed by atoms with Crippen LogP contribution in [0.25, 0.3) is 11.1 Å². The molecule has 1 N–H and O–H groups in total. The van der Waals surface area contributed by atoms with Crippen LogP contribution < -0.4 is 5.32 Å². The number of hydrogen-bond acceptors (Lipinski definition) is 5. The molecule has 2 aromatic rings. The summed E-state index contributed by atoms with van der Waals surface area (Å²) in [5, 5.41) is 5.53. The smallest absolute Gasteiger partial charge is 0.341 e. The number of carbonyl (C=O) groups excluding carboxylic acids is 2. The molecule has 32 heavy (non-hydrogen) atoms. The van der Waals surface area contributed by atoms with Crippen LogP contribution in [0.5, 0.6) is 0 Å². The van der Waals surface area contributed by atoms with E-state index in [0.29, 0.717) is 35.2 Å². The topological polar surface area (TPSA) is 58.6 Å². The number of carbonyl (C=O) groups is 2. The average molecular weight is 455 g/mol. The average Bonchev–Trinajstić information content (AvgIpc) is 3.19. The molecule has 1 aromatic carbocycles. The summed E-state index contributed by atoms with van der Waals surface area (Å²) in [6.07, 6.45) is 3.49. The van der Waals surface area contributed by atoms with Gasteiger partial charge in [0.25, 0.3) is 0 Å². The van der Waals surface area contributed by atoms with Gasteiger partial charge in [0.05, 0.1) is 13.2 Å². The Kier molecular flexibility index (Phi) is 6.21. The molecular formula is C26H34N2O3S. The molecule has 2 heterocycles. The van der Waals surface area contributed by atoms with Gasteiger partial charge < -0.3 is 10.1 Å². The van der Waals surface area contributed by atoms with Gasteiger partial charge in [-0.05, 0) is 49.5 Å². The molecule has 1 saturated carbocycles. The Bertz CT molecular complexity index is 1010. The fraction of sp³-hybridized carbons (Fsp3) is 0.538. The second-order valence-corrected chi connectivity index (χ2v) is 11.5. The number of esters is 1. The van der Waals surface area contributed by atoms with Gasteiger partial charge in [-0.15, -0.1) is 11.3 Å². The van der Waals surface area contributed by atoms with Crippen LogP contribution in [0.4, 0.5) is 5.00 Å². The van der Waals surface area contributed by atoms with Crippen LogP contribution in [0.15, 0.2) is 29.6 Å². The van der Waals surface area contributed by atoms with Crippen molar-refractivity contribution in [1.82, 2.24) is 4.90 Å². The summed E-state index contributed by atoms with van der Waals surface area (Å²) in [6.45, 7) is 12.5. The van der Waals surface area contributed by atoms with E-state index in [9.17, 15) is 9.59 Å². The third-order valence-corrected chi connectivity index (χ3v) is 7.65. The van der Waals surface area contributed by atoms with E-state index in [1.807, 2.05) is 36.6 Å². The standard InChI is InChI=1S/C26H34N2O3S/c1-6-31-24(30)22-20(18-9-7-17(2)8-10-18)14-32-23(22)27-21(29)13-28-16-26(5)12-19(28)11-25(3,4)15-26/h7-10,14,19H,6,11-13,15-16H2,1-5H3,(H,27,29). The summed E-state index contributed by atoms with van der Waals surface area (Å²) in [5.74, 6) is -0.465. The molecule has 2 aliphatic rings. The van der Waals surface area contributed by atoms with Crippen molar-refractivity contribution in [3.8, 4) is 11.1 Å². The first kappa shape index (κ1) is 23.0. The molecular weight excluding hydrogens is 420 g/mol. The van der Waals surface area contributed by atoms with Crippen LogP contribution in [0, 0.1) is 17.8 Å². The normalized spacial score (nSPS) is 24.3. The zero-order valence-electron chi connectivity index (χ0n) is 19.8. The third-order valence-electron chi connectivity index (χ3n) is 6.76. The van der Waals surface area contributed by atoms with E-state index in [2.05, 4.69) is 31.0 Å². The lowest BCUT2D eigenvalue weighted by atomic mass is 9.65. The molecule has 6 heteroatoms. The zero-order chi connectivity index (χ0) is 23.1. The van der Waals surface area contributed by atoms with Gasteiger partial charge in [0.1, 0.15) is 10.6 Å². The second kappa shape index (κ2) is 8.64. The van der Waals surface area contributed by atoms with E-state index in [1.165, 1.54) is 17.8 Å². The SMILES string of the molecule is CCOC(=O)c1c(-c2ccc(C)cc2)csc1NC(=O)CN1CC2(C)CC1CC(C)(C)C2. The monoisotopic (exact) mass is 454 g/mol. The number of nitrogens with zero attached hydrogens (tertiary/aromatic N) is 1. The summed E-state index contributed by atoms with van der Waals surface area (Å²) < 4.78 is 5.33. The lowest BCUT2D eigenvalue weighted by Crippen LogP contribution is -2.38. The van der Waals surface area contributed by atoms with E-state index in [0.717, 1.165) is 36.1 Å². The lowest BCUT2D eigenvalue weighted by molar-refractivity contribution is -0.117. The molecule has 2 atom stereocenters. The molecule has 2 unspecified atom stereocenters. The van der Waals surface area contributed by atoms with Gasteiger partial charge in [-0.2, -0.15) is 0 Å². The van der Waals surface area contributed by atoms with Gasteiger partial charge >= 0.3 is 5.97 Å². The predicted molar refractivity (Wildman–Crippen MR) is 130 cm³/mol. The maximum absolute atomic E-state index is 13.0. The van der Waals surface area contributed by atoms with Gasteiger partial charge in [0.15, 0.2) is 0 Å². The quantitative estimate of drug-likeness (QED) is 0.566. The van der Waals surface area contributed by atoms with E-state index in [1.54, 1.807) is 6.92 Å². The molecule has 5 nitrogen and oxygen atoms in total. The van der Waals surface area contributed by atoms with Crippen molar-refractivity contribution in [2.75, 3.05) is 25.0 Å². The highest BCUT2D eigenvalue weighted by atomic mass is 32.1. The van der Waals surface area contributed by atoms with Gasteiger partial charge in [-0.1, -0.05) is 50.6 Å². The molecule has 1 aromatic heterocycles. The highest BCUT2D eigenvalue weighted by molar-refractivity contribution is 7.15. The minimum atomic E-state index is -0.397. The molecule has 0 radical (unpaired) electrons. The van der Waals surface area contributed by atoms with Crippen molar-refractivity contribution in [1.29, 1.82) is 0 Å². The van der Waals surface area contributed by atoms with E-state index in [4.69, 9.17) is 4.74 Å². The zero-order valence-corrected chi connectivity index (χ0v) is 20.6. The van der Waals surface area contributed by atoms with Crippen molar-refractivity contribution in [2.24, 2.45) is 10.8 Å². The number of anilines is 1. The van der Waals surface area contributed by atoms with Crippen LogP contribution in [0.2, 0.25) is 0 Å². The van der Waals surface area contributed by atoms with E-state index < -0.39 is 5.97 Å². The minimum Gasteiger partial charge on any atom is -0.462 e. The molecule has 1 saturated heterocycles. The van der Waals surface area contributed by atoms with Crippen molar-refractivity contribution < 1.29 is 14.3 Å². The Morgan fingerprint density at radius 1 is 1.19 bits per heavy atom. The Morgan fingerprint density at radius 3 is 2.59 bits per heavy atom. The first-order valence-electron chi connectivity index (χ1n) is 11.5. The number of likely N-dealkylation sites (tertiary alicyclic amines) is 1. The summed E-state index contributed by atoms with van der Waals surface area (Å²) in [7, 11) is 0. The fourth-order valence-corrected chi connectivity index (χ4v) is 6.89. The number of aryl methyl sites for hydroxylation is 1. The van der Waals surface area contributed by atoms with Crippen molar-refractivity contribution in [3.05, 3.63) is 40.8 Å². The predicted octanol–water partition coefficient (Wildman–Crippen LogP) is 5.74. The summed E-state index contributed by atoms with van der Waals surface area (Å²) >= 11 is 1.38. The van der Waals surface area contributed by atoms with Crippen LogP contribution >= 0.6 is 11.3 Å². The number of amides is 1. The Morgan fingerprint density at radius 2 is 1.91 bits per heavy atom. The van der Waals surface area contributed by atoms with Gasteiger partial charge in [-0.3, -0.25) is 9.69 Å². The number of rotatable bonds is 6. The largest absolute Gasteiger partial charge is 0.462 e. The highest BCUT2D eigenvalue weighted by Gasteiger charge is 2.49. The Hall–Kier alpha value is -2.18. The van der Waals surface area contributed by atoms with Crippen LogP contribution in [-0.4, -0.2) is 42.5 Å². The molecule has 2 bridgehead atoms. The molecule has 4 rings (SSSR count). The van der Waals surface area contributed by atoms with Crippen LogP contribution in [0.1, 0.15) is 62.9 Å². The number of hydrogen-bond donors (Lipinski definition) is 1. The molecule has 172 valence electrons. The fourth-order valence-electron chi connectivity index (χ4n) is 5.91. The highest BCUT2D eigenvalue weighted by Crippen LogP contribution is 2.52.